The predicted octanol–water partition coefficient (Wildman–Crippen LogP) is 0.900. The largest absolute Gasteiger partial charge is 0.379 e. The summed E-state index contributed by atoms with van der Waals surface area (Å²) in [5.41, 5.74) is -0.0658. The van der Waals surface area contributed by atoms with Gasteiger partial charge in [-0.1, -0.05) is 6.92 Å². The van der Waals surface area contributed by atoms with Crippen LogP contribution in [0.3, 0.4) is 0 Å². The molecule has 1 saturated heterocycles. The fraction of sp³-hybridized carbons (Fsp3) is 1.00. The van der Waals surface area contributed by atoms with Crippen LogP contribution in [-0.4, -0.2) is 69.8 Å². The lowest BCUT2D eigenvalue weighted by Crippen LogP contribution is -2.60. The Bertz CT molecular complexity index is 376. The maximum Gasteiger partial charge on any atom is 0.147 e. The van der Waals surface area contributed by atoms with Crippen molar-refractivity contribution in [1.82, 2.24) is 10.2 Å². The van der Waals surface area contributed by atoms with E-state index in [4.69, 9.17) is 4.74 Å². The van der Waals surface area contributed by atoms with Gasteiger partial charge in [-0.2, -0.15) is 0 Å². The van der Waals surface area contributed by atoms with Crippen LogP contribution in [0.25, 0.3) is 0 Å². The average molecular weight is 306 g/mol. The molecule has 0 aromatic heterocycles. The highest BCUT2D eigenvalue weighted by atomic mass is 32.2. The van der Waals surface area contributed by atoms with Crippen LogP contribution in [0.15, 0.2) is 0 Å². The molecule has 5 nitrogen and oxygen atoms in total. The zero-order valence-corrected chi connectivity index (χ0v) is 14.1. The molecule has 0 bridgehead atoms. The normalized spacial score (nSPS) is 20.0. The van der Waals surface area contributed by atoms with E-state index in [1.54, 1.807) is 0 Å². The van der Waals surface area contributed by atoms with E-state index in [0.29, 0.717) is 6.42 Å². The smallest absolute Gasteiger partial charge is 0.147 e. The standard InChI is InChI=1S/C14H30N2O3S/c1-5-7-15-13(6-12-20(4,17)18)14(2,3)16-8-10-19-11-9-16/h13,15H,5-12H2,1-4H3. The van der Waals surface area contributed by atoms with Gasteiger partial charge in [-0.25, -0.2) is 8.42 Å². The van der Waals surface area contributed by atoms with Gasteiger partial charge in [0.1, 0.15) is 9.84 Å². The molecular weight excluding hydrogens is 276 g/mol. The minimum absolute atomic E-state index is 0.0658. The summed E-state index contributed by atoms with van der Waals surface area (Å²) in [6.45, 7) is 10.8. The molecule has 0 aliphatic carbocycles. The number of nitrogens with zero attached hydrogens (tertiary/aromatic N) is 1. The third-order valence-corrected chi connectivity index (χ3v) is 5.07. The van der Waals surface area contributed by atoms with Crippen molar-refractivity contribution < 1.29 is 13.2 Å². The number of hydrogen-bond donors (Lipinski definition) is 1. The SMILES string of the molecule is CCCNC(CCS(C)(=O)=O)C(C)(C)N1CCOCC1. The molecule has 0 amide bonds. The molecule has 0 spiro atoms. The summed E-state index contributed by atoms with van der Waals surface area (Å²) >= 11 is 0. The van der Waals surface area contributed by atoms with E-state index in [1.807, 2.05) is 0 Å². The molecule has 1 aliphatic rings. The fourth-order valence-corrected chi connectivity index (χ4v) is 3.38. The van der Waals surface area contributed by atoms with Gasteiger partial charge < -0.3 is 10.1 Å². The number of ether oxygens (including phenoxy) is 1. The van der Waals surface area contributed by atoms with Crippen LogP contribution < -0.4 is 5.32 Å². The fourth-order valence-electron chi connectivity index (χ4n) is 2.72. The molecule has 1 N–H and O–H groups in total. The first kappa shape index (κ1) is 17.9. The third kappa shape index (κ3) is 5.68. The van der Waals surface area contributed by atoms with Crippen molar-refractivity contribution in [3.05, 3.63) is 0 Å². The van der Waals surface area contributed by atoms with Crippen LogP contribution >= 0.6 is 0 Å². The molecule has 6 heteroatoms. The van der Waals surface area contributed by atoms with Gasteiger partial charge in [0.2, 0.25) is 0 Å². The minimum atomic E-state index is -2.92. The first-order chi connectivity index (χ1) is 9.27. The lowest BCUT2D eigenvalue weighted by atomic mass is 9.89. The summed E-state index contributed by atoms with van der Waals surface area (Å²) in [6, 6.07) is 0.176. The van der Waals surface area contributed by atoms with Crippen molar-refractivity contribution >= 4 is 9.84 Å². The Balaban J connectivity index is 2.72. The number of morpholine rings is 1. The molecule has 1 atom stereocenters. The van der Waals surface area contributed by atoms with E-state index in [0.717, 1.165) is 39.3 Å². The predicted molar refractivity (Wildman–Crippen MR) is 82.9 cm³/mol. The molecule has 0 radical (unpaired) electrons. The van der Waals surface area contributed by atoms with Crippen LogP contribution in [0.4, 0.5) is 0 Å². The molecule has 0 aromatic carbocycles. The van der Waals surface area contributed by atoms with Gasteiger partial charge in [-0.3, -0.25) is 4.90 Å². The van der Waals surface area contributed by atoms with Crippen LogP contribution in [-0.2, 0) is 14.6 Å². The summed E-state index contributed by atoms with van der Waals surface area (Å²) in [4.78, 5) is 2.41. The van der Waals surface area contributed by atoms with Crippen LogP contribution in [0.2, 0.25) is 0 Å². The van der Waals surface area contributed by atoms with Crippen molar-refractivity contribution in [1.29, 1.82) is 0 Å². The van der Waals surface area contributed by atoms with Crippen molar-refractivity contribution in [3.8, 4) is 0 Å². The van der Waals surface area contributed by atoms with Gasteiger partial charge in [0, 0.05) is 30.9 Å². The average Bonchev–Trinajstić information content (AvgIpc) is 2.38. The molecular formula is C14H30N2O3S. The summed E-state index contributed by atoms with van der Waals surface area (Å²) in [5, 5.41) is 3.53. The Morgan fingerprint density at radius 3 is 2.40 bits per heavy atom. The highest BCUT2D eigenvalue weighted by Gasteiger charge is 2.36. The monoisotopic (exact) mass is 306 g/mol. The number of sulfone groups is 1. The highest BCUT2D eigenvalue weighted by Crippen LogP contribution is 2.23. The number of rotatable bonds is 8. The molecule has 1 heterocycles. The molecule has 1 fully saturated rings. The van der Waals surface area contributed by atoms with E-state index in [-0.39, 0.29) is 17.3 Å². The zero-order chi connectivity index (χ0) is 15.2. The van der Waals surface area contributed by atoms with Crippen molar-refractivity contribution in [3.63, 3.8) is 0 Å². The lowest BCUT2D eigenvalue weighted by Gasteiger charge is -2.46. The second kappa shape index (κ2) is 7.73. The number of hydrogen-bond acceptors (Lipinski definition) is 5. The topological polar surface area (TPSA) is 58.6 Å². The van der Waals surface area contributed by atoms with E-state index < -0.39 is 9.84 Å². The second-order valence-corrected chi connectivity index (χ2v) is 8.44. The molecule has 120 valence electrons. The van der Waals surface area contributed by atoms with Gasteiger partial charge in [-0.05, 0) is 33.2 Å². The maximum atomic E-state index is 11.5. The van der Waals surface area contributed by atoms with Crippen LogP contribution in [0.5, 0.6) is 0 Å². The molecule has 1 rings (SSSR count). The van der Waals surface area contributed by atoms with Crippen LogP contribution in [0, 0.1) is 0 Å². The summed E-state index contributed by atoms with van der Waals surface area (Å²) in [5.74, 6) is 0.238. The van der Waals surface area contributed by atoms with Gasteiger partial charge in [0.15, 0.2) is 0 Å². The number of nitrogens with one attached hydrogen (secondary N) is 1. The van der Waals surface area contributed by atoms with E-state index in [1.165, 1.54) is 6.26 Å². The van der Waals surface area contributed by atoms with Crippen molar-refractivity contribution in [2.45, 2.75) is 45.2 Å². The first-order valence-electron chi connectivity index (χ1n) is 7.51. The maximum absolute atomic E-state index is 11.5. The molecule has 0 aromatic rings. The second-order valence-electron chi connectivity index (χ2n) is 6.18. The van der Waals surface area contributed by atoms with Gasteiger partial charge >= 0.3 is 0 Å². The first-order valence-corrected chi connectivity index (χ1v) is 9.57. The third-order valence-electron chi connectivity index (χ3n) is 4.10. The summed E-state index contributed by atoms with van der Waals surface area (Å²) in [7, 11) is -2.92. The van der Waals surface area contributed by atoms with E-state index in [9.17, 15) is 8.42 Å². The van der Waals surface area contributed by atoms with E-state index >= 15 is 0 Å². The Labute approximate surface area is 124 Å². The summed E-state index contributed by atoms with van der Waals surface area (Å²) in [6.07, 6.45) is 3.02. The molecule has 1 unspecified atom stereocenters. The Morgan fingerprint density at radius 1 is 1.30 bits per heavy atom. The van der Waals surface area contributed by atoms with Crippen LogP contribution in [0.1, 0.15) is 33.6 Å². The lowest BCUT2D eigenvalue weighted by molar-refractivity contribution is -0.0236. The highest BCUT2D eigenvalue weighted by molar-refractivity contribution is 7.90. The Hall–Kier alpha value is -0.170. The summed E-state index contributed by atoms with van der Waals surface area (Å²) < 4.78 is 28.3. The quantitative estimate of drug-likeness (QED) is 0.722. The molecule has 20 heavy (non-hydrogen) atoms. The Morgan fingerprint density at radius 2 is 1.90 bits per heavy atom. The minimum Gasteiger partial charge on any atom is -0.379 e. The van der Waals surface area contributed by atoms with Gasteiger partial charge in [0.25, 0.3) is 0 Å². The van der Waals surface area contributed by atoms with Gasteiger partial charge in [0.05, 0.1) is 19.0 Å². The van der Waals surface area contributed by atoms with Crippen molar-refractivity contribution in [2.75, 3.05) is 44.9 Å². The molecule has 1 aliphatic heterocycles. The van der Waals surface area contributed by atoms with Crippen molar-refractivity contribution in [2.24, 2.45) is 0 Å². The Kier molecular flexibility index (Phi) is 6.91. The van der Waals surface area contributed by atoms with E-state index in [2.05, 4.69) is 31.0 Å². The molecule has 0 saturated carbocycles. The zero-order valence-electron chi connectivity index (χ0n) is 13.3. The van der Waals surface area contributed by atoms with Gasteiger partial charge in [-0.15, -0.1) is 0 Å².